The fraction of sp³-hybridized carbons (Fsp3) is 0.632. The number of piperidine rings is 2. The second-order valence-electron chi connectivity index (χ2n) is 7.44. The first-order valence-electron chi connectivity index (χ1n) is 9.29. The molecule has 1 unspecified atom stereocenters. The summed E-state index contributed by atoms with van der Waals surface area (Å²) in [7, 11) is -3.53. The maximum Gasteiger partial charge on any atom is 0.253 e. The smallest absolute Gasteiger partial charge is 0.253 e. The molecule has 3 rings (SSSR count). The van der Waals surface area contributed by atoms with Gasteiger partial charge in [-0.05, 0) is 56.2 Å². The SMILES string of the molecule is Cc1ccc(C(=O)N2CCCC(C)C2)cc1S(=O)(=O)N1CCCCC1. The van der Waals surface area contributed by atoms with Gasteiger partial charge >= 0.3 is 0 Å². The van der Waals surface area contributed by atoms with Crippen LogP contribution in [0, 0.1) is 12.8 Å². The number of hydrogen-bond donors (Lipinski definition) is 0. The molecule has 0 N–H and O–H groups in total. The van der Waals surface area contributed by atoms with Gasteiger partial charge in [0.05, 0.1) is 4.90 Å². The number of carbonyl (C=O) groups excluding carboxylic acids is 1. The lowest BCUT2D eigenvalue weighted by atomic mass is 9.99. The van der Waals surface area contributed by atoms with Crippen LogP contribution in [0.4, 0.5) is 0 Å². The van der Waals surface area contributed by atoms with Gasteiger partial charge in [-0.2, -0.15) is 4.31 Å². The summed E-state index contributed by atoms with van der Waals surface area (Å²) in [5.74, 6) is 0.446. The molecule has 138 valence electrons. The number of nitrogens with zero attached hydrogens (tertiary/aromatic N) is 2. The minimum atomic E-state index is -3.53. The van der Waals surface area contributed by atoms with Crippen molar-refractivity contribution in [2.75, 3.05) is 26.2 Å². The molecule has 6 heteroatoms. The molecule has 0 saturated carbocycles. The number of rotatable bonds is 3. The molecule has 1 atom stereocenters. The molecule has 0 bridgehead atoms. The van der Waals surface area contributed by atoms with Crippen molar-refractivity contribution in [3.05, 3.63) is 29.3 Å². The minimum absolute atomic E-state index is 0.0540. The van der Waals surface area contributed by atoms with E-state index in [1.165, 1.54) is 0 Å². The maximum atomic E-state index is 13.0. The minimum Gasteiger partial charge on any atom is -0.338 e. The zero-order valence-corrected chi connectivity index (χ0v) is 16.0. The van der Waals surface area contributed by atoms with E-state index in [0.717, 1.165) is 45.2 Å². The number of hydrogen-bond acceptors (Lipinski definition) is 3. The average Bonchev–Trinajstić information content (AvgIpc) is 2.62. The molecular formula is C19H28N2O3S. The van der Waals surface area contributed by atoms with Crippen LogP contribution in [0.3, 0.4) is 0 Å². The van der Waals surface area contributed by atoms with Gasteiger partial charge in [0, 0.05) is 31.7 Å². The highest BCUT2D eigenvalue weighted by Gasteiger charge is 2.29. The van der Waals surface area contributed by atoms with E-state index in [9.17, 15) is 13.2 Å². The van der Waals surface area contributed by atoms with Crippen molar-refractivity contribution in [1.82, 2.24) is 9.21 Å². The molecule has 0 aliphatic carbocycles. The first-order valence-corrected chi connectivity index (χ1v) is 10.7. The van der Waals surface area contributed by atoms with Crippen molar-refractivity contribution < 1.29 is 13.2 Å². The highest BCUT2D eigenvalue weighted by molar-refractivity contribution is 7.89. The predicted molar refractivity (Wildman–Crippen MR) is 98.1 cm³/mol. The van der Waals surface area contributed by atoms with Crippen molar-refractivity contribution in [2.24, 2.45) is 5.92 Å². The summed E-state index contributed by atoms with van der Waals surface area (Å²) < 4.78 is 27.6. The van der Waals surface area contributed by atoms with E-state index in [0.29, 0.717) is 30.1 Å². The third-order valence-electron chi connectivity index (χ3n) is 5.31. The molecule has 2 fully saturated rings. The van der Waals surface area contributed by atoms with Crippen LogP contribution >= 0.6 is 0 Å². The largest absolute Gasteiger partial charge is 0.338 e. The fourth-order valence-electron chi connectivity index (χ4n) is 3.81. The molecule has 0 radical (unpaired) electrons. The topological polar surface area (TPSA) is 57.7 Å². The first-order chi connectivity index (χ1) is 11.9. The van der Waals surface area contributed by atoms with Crippen LogP contribution in [0.5, 0.6) is 0 Å². The summed E-state index contributed by atoms with van der Waals surface area (Å²) in [4.78, 5) is 15.0. The van der Waals surface area contributed by atoms with Crippen LogP contribution in [-0.2, 0) is 10.0 Å². The van der Waals surface area contributed by atoms with Gasteiger partial charge in [-0.1, -0.05) is 19.4 Å². The lowest BCUT2D eigenvalue weighted by Gasteiger charge is -2.31. The molecule has 2 heterocycles. The molecule has 2 aliphatic rings. The molecule has 0 spiro atoms. The lowest BCUT2D eigenvalue weighted by molar-refractivity contribution is 0.0683. The van der Waals surface area contributed by atoms with Gasteiger partial charge in [0.1, 0.15) is 0 Å². The van der Waals surface area contributed by atoms with Crippen molar-refractivity contribution >= 4 is 15.9 Å². The van der Waals surface area contributed by atoms with Gasteiger partial charge in [0.15, 0.2) is 0 Å². The number of amides is 1. The third kappa shape index (κ3) is 3.90. The Morgan fingerprint density at radius 1 is 1.08 bits per heavy atom. The Bertz CT molecular complexity index is 739. The Morgan fingerprint density at radius 3 is 2.48 bits per heavy atom. The number of sulfonamides is 1. The fourth-order valence-corrected chi connectivity index (χ4v) is 5.58. The monoisotopic (exact) mass is 364 g/mol. The van der Waals surface area contributed by atoms with Gasteiger partial charge < -0.3 is 4.90 Å². The van der Waals surface area contributed by atoms with Crippen LogP contribution in [0.25, 0.3) is 0 Å². The van der Waals surface area contributed by atoms with E-state index in [1.54, 1.807) is 29.4 Å². The van der Waals surface area contributed by atoms with Crippen molar-refractivity contribution in [2.45, 2.75) is 50.8 Å². The second kappa shape index (κ2) is 7.46. The first kappa shape index (κ1) is 18.4. The lowest BCUT2D eigenvalue weighted by Crippen LogP contribution is -2.39. The zero-order chi connectivity index (χ0) is 18.0. The summed E-state index contributed by atoms with van der Waals surface area (Å²) in [6.45, 7) is 6.61. The highest BCUT2D eigenvalue weighted by Crippen LogP contribution is 2.26. The van der Waals surface area contributed by atoms with Crippen molar-refractivity contribution in [3.8, 4) is 0 Å². The molecule has 1 aromatic carbocycles. The van der Waals surface area contributed by atoms with Crippen LogP contribution in [0.2, 0.25) is 0 Å². The van der Waals surface area contributed by atoms with E-state index >= 15 is 0 Å². The number of carbonyl (C=O) groups is 1. The standard InChI is InChI=1S/C19H28N2O3S/c1-15-7-6-10-20(14-15)19(22)17-9-8-16(2)18(13-17)25(23,24)21-11-4-3-5-12-21/h8-9,13,15H,3-7,10-12,14H2,1-2H3. The van der Waals surface area contributed by atoms with Crippen LogP contribution in [0.1, 0.15) is 54.9 Å². The molecule has 25 heavy (non-hydrogen) atoms. The summed E-state index contributed by atoms with van der Waals surface area (Å²) in [6.07, 6.45) is 5.05. The van der Waals surface area contributed by atoms with Crippen LogP contribution in [-0.4, -0.2) is 49.7 Å². The van der Waals surface area contributed by atoms with Crippen molar-refractivity contribution in [3.63, 3.8) is 0 Å². The maximum absolute atomic E-state index is 13.0. The number of likely N-dealkylation sites (tertiary alicyclic amines) is 1. The van der Waals surface area contributed by atoms with E-state index in [4.69, 9.17) is 0 Å². The summed E-state index contributed by atoms with van der Waals surface area (Å²) in [6, 6.07) is 5.10. The number of benzene rings is 1. The Hall–Kier alpha value is -1.40. The molecule has 1 aromatic rings. The van der Waals surface area contributed by atoms with Gasteiger partial charge in [-0.25, -0.2) is 8.42 Å². The molecule has 0 aromatic heterocycles. The van der Waals surface area contributed by atoms with E-state index < -0.39 is 10.0 Å². The molecule has 1 amide bonds. The Kier molecular flexibility index (Phi) is 5.49. The molecule has 2 aliphatic heterocycles. The van der Waals surface area contributed by atoms with Gasteiger partial charge in [0.2, 0.25) is 10.0 Å². The molecular weight excluding hydrogens is 336 g/mol. The summed E-state index contributed by atoms with van der Waals surface area (Å²) in [5, 5.41) is 0. The highest BCUT2D eigenvalue weighted by atomic mass is 32.2. The van der Waals surface area contributed by atoms with E-state index in [1.807, 2.05) is 4.90 Å². The van der Waals surface area contributed by atoms with Gasteiger partial charge in [0.25, 0.3) is 5.91 Å². The normalized spacial score (nSPS) is 22.8. The van der Waals surface area contributed by atoms with Crippen LogP contribution < -0.4 is 0 Å². The Labute approximate surface area is 151 Å². The van der Waals surface area contributed by atoms with Crippen molar-refractivity contribution in [1.29, 1.82) is 0 Å². The second-order valence-corrected chi connectivity index (χ2v) is 9.35. The van der Waals surface area contributed by atoms with Crippen LogP contribution in [0.15, 0.2) is 23.1 Å². The average molecular weight is 365 g/mol. The zero-order valence-electron chi connectivity index (χ0n) is 15.2. The van der Waals surface area contributed by atoms with E-state index in [-0.39, 0.29) is 10.8 Å². The summed E-state index contributed by atoms with van der Waals surface area (Å²) in [5.41, 5.74) is 1.18. The quantitative estimate of drug-likeness (QED) is 0.828. The third-order valence-corrected chi connectivity index (χ3v) is 7.35. The summed E-state index contributed by atoms with van der Waals surface area (Å²) >= 11 is 0. The predicted octanol–water partition coefficient (Wildman–Crippen LogP) is 3.04. The Balaban J connectivity index is 1.88. The molecule has 2 saturated heterocycles. The Morgan fingerprint density at radius 2 is 1.80 bits per heavy atom. The van der Waals surface area contributed by atoms with Gasteiger partial charge in [-0.3, -0.25) is 4.79 Å². The molecule has 5 nitrogen and oxygen atoms in total. The van der Waals surface area contributed by atoms with Gasteiger partial charge in [-0.15, -0.1) is 0 Å². The number of aryl methyl sites for hydroxylation is 1. The van der Waals surface area contributed by atoms with E-state index in [2.05, 4.69) is 6.92 Å².